The van der Waals surface area contributed by atoms with E-state index >= 15 is 0 Å². The molecule has 0 aliphatic heterocycles. The van der Waals surface area contributed by atoms with Crippen LogP contribution in [0.25, 0.3) is 0 Å². The molecule has 1 saturated carbocycles. The lowest BCUT2D eigenvalue weighted by Gasteiger charge is -2.28. The average Bonchev–Trinajstić information content (AvgIpc) is 2.65. The minimum absolute atomic E-state index is 0.291. The zero-order chi connectivity index (χ0) is 19.9. The summed E-state index contributed by atoms with van der Waals surface area (Å²) in [7, 11) is -2.06. The third-order valence-electron chi connectivity index (χ3n) is 4.72. The number of rotatable bonds is 9. The number of nitrogens with zero attached hydrogens (tertiary/aromatic N) is 1. The predicted molar refractivity (Wildman–Crippen MR) is 112 cm³/mol. The van der Waals surface area contributed by atoms with E-state index in [1.165, 1.54) is 32.1 Å². The number of thioether (sulfide) groups is 1. The summed E-state index contributed by atoms with van der Waals surface area (Å²) in [5.74, 6) is 1.19. The first-order valence-corrected chi connectivity index (χ1v) is 12.3. The number of hydrogen-bond acceptors (Lipinski definition) is 5. The van der Waals surface area contributed by atoms with Crippen LogP contribution < -0.4 is 14.4 Å². The monoisotopic (exact) mass is 414 g/mol. The molecule has 0 aromatic heterocycles. The number of benzene rings is 1. The van der Waals surface area contributed by atoms with Crippen LogP contribution in [0.3, 0.4) is 0 Å². The Kier molecular flexibility index (Phi) is 8.28. The second kappa shape index (κ2) is 10.2. The Hall–Kier alpha value is -1.41. The summed E-state index contributed by atoms with van der Waals surface area (Å²) in [6.45, 7) is 2.15. The Bertz CT molecular complexity index is 701. The number of hydrogen-bond donors (Lipinski definition) is 1. The molecule has 0 unspecified atom stereocenters. The van der Waals surface area contributed by atoms with Crippen LogP contribution in [-0.2, 0) is 14.8 Å². The Morgan fingerprint density at radius 3 is 2.44 bits per heavy atom. The third kappa shape index (κ3) is 6.60. The van der Waals surface area contributed by atoms with Crippen LogP contribution in [-0.4, -0.2) is 51.3 Å². The second-order valence-corrected chi connectivity index (χ2v) is 10.1. The number of carbonyl (C=O) groups is 1. The van der Waals surface area contributed by atoms with Gasteiger partial charge < -0.3 is 10.1 Å². The van der Waals surface area contributed by atoms with Gasteiger partial charge in [0.15, 0.2) is 0 Å². The molecular formula is C19H30N2O4S2. The molecule has 0 saturated heterocycles. The molecule has 1 aliphatic carbocycles. The number of carbonyl (C=O) groups excluding carboxylic acids is 1. The highest BCUT2D eigenvalue weighted by molar-refractivity contribution is 7.99. The van der Waals surface area contributed by atoms with E-state index in [2.05, 4.69) is 5.32 Å². The Labute approximate surface area is 167 Å². The van der Waals surface area contributed by atoms with Gasteiger partial charge in [0.1, 0.15) is 11.8 Å². The van der Waals surface area contributed by atoms with E-state index in [-0.39, 0.29) is 5.91 Å². The molecule has 0 heterocycles. The molecular weight excluding hydrogens is 384 g/mol. The van der Waals surface area contributed by atoms with Crippen molar-refractivity contribution in [1.82, 2.24) is 5.32 Å². The molecule has 27 heavy (non-hydrogen) atoms. The summed E-state index contributed by atoms with van der Waals surface area (Å²) < 4.78 is 30.8. The van der Waals surface area contributed by atoms with E-state index in [0.29, 0.717) is 23.2 Å². The van der Waals surface area contributed by atoms with E-state index in [1.807, 2.05) is 11.8 Å². The summed E-state index contributed by atoms with van der Waals surface area (Å²) in [4.78, 5) is 12.5. The molecule has 2 rings (SSSR count). The third-order valence-corrected chi connectivity index (χ3v) is 7.35. The molecule has 1 aliphatic rings. The van der Waals surface area contributed by atoms with Crippen molar-refractivity contribution < 1.29 is 17.9 Å². The molecule has 1 aromatic carbocycles. The molecule has 1 N–H and O–H groups in total. The zero-order valence-electron chi connectivity index (χ0n) is 16.3. The second-order valence-electron chi connectivity index (χ2n) is 6.85. The normalized spacial score (nSPS) is 16.6. The fraction of sp³-hybridized carbons (Fsp3) is 0.632. The van der Waals surface area contributed by atoms with Gasteiger partial charge in [0.2, 0.25) is 15.9 Å². The first-order valence-electron chi connectivity index (χ1n) is 9.35. The minimum Gasteiger partial charge on any atom is -0.497 e. The maximum Gasteiger partial charge on any atom is 0.243 e. The Morgan fingerprint density at radius 1 is 1.26 bits per heavy atom. The number of amides is 1. The molecule has 1 amide bonds. The predicted octanol–water partition coefficient (Wildman–Crippen LogP) is 3.03. The fourth-order valence-corrected chi connectivity index (χ4v) is 5.71. The molecule has 0 radical (unpaired) electrons. The number of anilines is 1. The number of methoxy groups -OCH3 is 1. The number of sulfonamides is 1. The summed E-state index contributed by atoms with van der Waals surface area (Å²) >= 11 is 1.91. The van der Waals surface area contributed by atoms with Gasteiger partial charge >= 0.3 is 0 Å². The van der Waals surface area contributed by atoms with Gasteiger partial charge in [0.05, 0.1) is 19.1 Å². The van der Waals surface area contributed by atoms with Gasteiger partial charge in [-0.2, -0.15) is 11.8 Å². The van der Waals surface area contributed by atoms with Gasteiger partial charge in [0.25, 0.3) is 0 Å². The van der Waals surface area contributed by atoms with Crippen molar-refractivity contribution in [1.29, 1.82) is 0 Å². The van der Waals surface area contributed by atoms with Crippen LogP contribution >= 0.6 is 11.8 Å². The number of ether oxygens (including phenoxy) is 1. The average molecular weight is 415 g/mol. The van der Waals surface area contributed by atoms with Crippen molar-refractivity contribution in [2.45, 2.75) is 50.3 Å². The van der Waals surface area contributed by atoms with Gasteiger partial charge in [-0.3, -0.25) is 9.10 Å². The lowest BCUT2D eigenvalue weighted by Crippen LogP contribution is -2.48. The van der Waals surface area contributed by atoms with Crippen molar-refractivity contribution in [2.24, 2.45) is 0 Å². The fourth-order valence-electron chi connectivity index (χ4n) is 3.32. The first-order chi connectivity index (χ1) is 12.8. The van der Waals surface area contributed by atoms with Crippen molar-refractivity contribution in [2.75, 3.05) is 30.0 Å². The molecule has 1 atom stereocenters. The largest absolute Gasteiger partial charge is 0.497 e. The van der Waals surface area contributed by atoms with Crippen LogP contribution in [0, 0.1) is 0 Å². The summed E-state index contributed by atoms with van der Waals surface area (Å²) in [6, 6.07) is 5.82. The molecule has 0 bridgehead atoms. The Morgan fingerprint density at radius 2 is 1.89 bits per heavy atom. The maximum atomic E-state index is 12.5. The maximum absolute atomic E-state index is 12.5. The molecule has 152 valence electrons. The zero-order valence-corrected chi connectivity index (χ0v) is 17.9. The lowest BCUT2D eigenvalue weighted by molar-refractivity contribution is -0.121. The molecule has 8 heteroatoms. The summed E-state index contributed by atoms with van der Waals surface area (Å²) in [6.07, 6.45) is 7.55. The highest BCUT2D eigenvalue weighted by Gasteiger charge is 2.29. The van der Waals surface area contributed by atoms with Gasteiger partial charge in [-0.15, -0.1) is 0 Å². The van der Waals surface area contributed by atoms with Gasteiger partial charge in [-0.25, -0.2) is 8.42 Å². The van der Waals surface area contributed by atoms with Gasteiger partial charge in [0, 0.05) is 17.5 Å². The van der Waals surface area contributed by atoms with Crippen molar-refractivity contribution in [3.05, 3.63) is 24.3 Å². The number of nitrogens with one attached hydrogen (secondary N) is 1. The van der Waals surface area contributed by atoms with E-state index in [4.69, 9.17) is 4.74 Å². The van der Waals surface area contributed by atoms with E-state index in [0.717, 1.165) is 16.3 Å². The van der Waals surface area contributed by atoms with Crippen LogP contribution in [0.1, 0.15) is 39.0 Å². The van der Waals surface area contributed by atoms with Crippen molar-refractivity contribution in [3.8, 4) is 5.75 Å². The van der Waals surface area contributed by atoms with Crippen molar-refractivity contribution >= 4 is 33.4 Å². The van der Waals surface area contributed by atoms with Crippen LogP contribution in [0.15, 0.2) is 24.3 Å². The topological polar surface area (TPSA) is 75.7 Å². The van der Waals surface area contributed by atoms with E-state index in [9.17, 15) is 13.2 Å². The molecule has 0 spiro atoms. The summed E-state index contributed by atoms with van der Waals surface area (Å²) in [5.41, 5.74) is 0.442. The van der Waals surface area contributed by atoms with Gasteiger partial charge in [-0.1, -0.05) is 19.3 Å². The standard InChI is InChI=1S/C19H30N2O4S2/c1-15(19(22)20-13-14-26-18-7-5-4-6-8-18)21(27(3,23)24)16-9-11-17(25-2)12-10-16/h9-12,15,18H,4-8,13-14H2,1-3H3,(H,20,22)/t15-/m0/s1. The quantitative estimate of drug-likeness (QED) is 0.629. The molecule has 6 nitrogen and oxygen atoms in total. The van der Waals surface area contributed by atoms with Gasteiger partial charge in [-0.05, 0) is 44.0 Å². The molecule has 1 aromatic rings. The van der Waals surface area contributed by atoms with E-state index in [1.54, 1.807) is 38.3 Å². The van der Waals surface area contributed by atoms with Crippen LogP contribution in [0.4, 0.5) is 5.69 Å². The summed E-state index contributed by atoms with van der Waals surface area (Å²) in [5, 5.41) is 3.57. The highest BCUT2D eigenvalue weighted by atomic mass is 32.2. The lowest BCUT2D eigenvalue weighted by atomic mass is 10.0. The van der Waals surface area contributed by atoms with Crippen LogP contribution in [0.5, 0.6) is 5.75 Å². The smallest absolute Gasteiger partial charge is 0.243 e. The van der Waals surface area contributed by atoms with E-state index < -0.39 is 16.1 Å². The highest BCUT2D eigenvalue weighted by Crippen LogP contribution is 2.28. The Balaban J connectivity index is 1.93. The van der Waals surface area contributed by atoms with Crippen LogP contribution in [0.2, 0.25) is 0 Å². The van der Waals surface area contributed by atoms with Crippen molar-refractivity contribution in [3.63, 3.8) is 0 Å². The SMILES string of the molecule is COc1ccc(N([C@@H](C)C(=O)NCCSC2CCCCC2)S(C)(=O)=O)cc1. The first kappa shape index (κ1) is 21.9. The minimum atomic E-state index is -3.60. The molecule has 1 fully saturated rings.